The highest BCUT2D eigenvalue weighted by Crippen LogP contribution is 2.10. The van der Waals surface area contributed by atoms with Gasteiger partial charge in [-0.05, 0) is 31.9 Å². The second-order valence-corrected chi connectivity index (χ2v) is 5.98. The maximum absolute atomic E-state index is 12.0. The molecule has 23 heavy (non-hydrogen) atoms. The molecule has 0 radical (unpaired) electrons. The second kappa shape index (κ2) is 6.91. The fourth-order valence-electron chi connectivity index (χ4n) is 3.25. The van der Waals surface area contributed by atoms with E-state index in [1.165, 1.54) is 11.1 Å². The molecule has 1 fully saturated rings. The monoisotopic (exact) mass is 316 g/mol. The number of esters is 1. The first-order valence-corrected chi connectivity index (χ1v) is 8.14. The number of carbonyl (C=O) groups is 1. The SMILES string of the molecule is CCOC(=O)[C@@H]1CCC[NH+](Cn2ncc(=O)c3ccccc32)C1. The number of carbonyl (C=O) groups excluding carboxylic acids is 1. The average molecular weight is 316 g/mol. The maximum atomic E-state index is 12.0. The zero-order valence-corrected chi connectivity index (χ0v) is 13.3. The summed E-state index contributed by atoms with van der Waals surface area (Å²) in [7, 11) is 0. The van der Waals surface area contributed by atoms with Crippen LogP contribution in [0.1, 0.15) is 19.8 Å². The maximum Gasteiger partial charge on any atom is 0.314 e. The first kappa shape index (κ1) is 15.7. The molecule has 2 heterocycles. The van der Waals surface area contributed by atoms with Gasteiger partial charge in [0.05, 0.1) is 31.4 Å². The Morgan fingerprint density at radius 3 is 3.09 bits per heavy atom. The fraction of sp³-hybridized carbons (Fsp3) is 0.471. The van der Waals surface area contributed by atoms with Gasteiger partial charge in [-0.15, -0.1) is 0 Å². The van der Waals surface area contributed by atoms with Crippen molar-refractivity contribution in [1.29, 1.82) is 0 Å². The van der Waals surface area contributed by atoms with Gasteiger partial charge in [-0.3, -0.25) is 9.59 Å². The number of likely N-dealkylation sites (tertiary alicyclic amines) is 1. The number of hydrogen-bond donors (Lipinski definition) is 1. The quantitative estimate of drug-likeness (QED) is 0.819. The van der Waals surface area contributed by atoms with Crippen molar-refractivity contribution in [2.45, 2.75) is 26.4 Å². The van der Waals surface area contributed by atoms with Crippen LogP contribution in [0.3, 0.4) is 0 Å². The number of hydrogen-bond acceptors (Lipinski definition) is 4. The Morgan fingerprint density at radius 2 is 2.26 bits per heavy atom. The van der Waals surface area contributed by atoms with Crippen molar-refractivity contribution in [1.82, 2.24) is 9.78 Å². The molecule has 6 nitrogen and oxygen atoms in total. The summed E-state index contributed by atoms with van der Waals surface area (Å²) in [4.78, 5) is 25.1. The average Bonchev–Trinajstić information content (AvgIpc) is 2.58. The lowest BCUT2D eigenvalue weighted by atomic mass is 9.98. The summed E-state index contributed by atoms with van der Waals surface area (Å²) in [5.41, 5.74) is 0.778. The molecule has 2 atom stereocenters. The molecule has 1 aromatic heterocycles. The van der Waals surface area contributed by atoms with E-state index in [0.717, 1.165) is 31.4 Å². The summed E-state index contributed by atoms with van der Waals surface area (Å²) < 4.78 is 7.01. The number of aromatic nitrogens is 2. The van der Waals surface area contributed by atoms with E-state index in [2.05, 4.69) is 5.10 Å². The number of piperidine rings is 1. The largest absolute Gasteiger partial charge is 0.466 e. The number of rotatable bonds is 4. The minimum Gasteiger partial charge on any atom is -0.466 e. The third-order valence-corrected chi connectivity index (χ3v) is 4.37. The summed E-state index contributed by atoms with van der Waals surface area (Å²) in [6.45, 7) is 4.66. The lowest BCUT2D eigenvalue weighted by Crippen LogP contribution is -3.13. The number of nitrogens with one attached hydrogen (secondary N) is 1. The van der Waals surface area contributed by atoms with E-state index in [-0.39, 0.29) is 17.3 Å². The Hall–Kier alpha value is -2.21. The predicted octanol–water partition coefficient (Wildman–Crippen LogP) is 0.212. The van der Waals surface area contributed by atoms with Gasteiger partial charge in [0.25, 0.3) is 0 Å². The van der Waals surface area contributed by atoms with Gasteiger partial charge in [-0.25, -0.2) is 4.68 Å². The van der Waals surface area contributed by atoms with Gasteiger partial charge in [0.1, 0.15) is 5.92 Å². The van der Waals surface area contributed by atoms with Gasteiger partial charge in [0.15, 0.2) is 6.67 Å². The number of fused-ring (bicyclic) bond motifs is 1. The van der Waals surface area contributed by atoms with Crippen molar-refractivity contribution in [2.24, 2.45) is 5.92 Å². The van der Waals surface area contributed by atoms with E-state index in [1.54, 1.807) is 0 Å². The van der Waals surface area contributed by atoms with Crippen LogP contribution in [0.4, 0.5) is 0 Å². The Morgan fingerprint density at radius 1 is 1.43 bits per heavy atom. The molecule has 1 N–H and O–H groups in total. The summed E-state index contributed by atoms with van der Waals surface area (Å²) in [5, 5.41) is 4.96. The van der Waals surface area contributed by atoms with Crippen LogP contribution in [0.25, 0.3) is 10.9 Å². The molecule has 1 aliphatic heterocycles. The molecule has 1 aromatic carbocycles. The third-order valence-electron chi connectivity index (χ3n) is 4.37. The van der Waals surface area contributed by atoms with Crippen LogP contribution in [0.2, 0.25) is 0 Å². The van der Waals surface area contributed by atoms with E-state index < -0.39 is 0 Å². The molecule has 1 unspecified atom stereocenters. The van der Waals surface area contributed by atoms with E-state index in [1.807, 2.05) is 35.9 Å². The first-order valence-electron chi connectivity index (χ1n) is 8.14. The molecule has 1 saturated heterocycles. The lowest BCUT2D eigenvalue weighted by molar-refractivity contribution is -0.930. The molecule has 3 rings (SSSR count). The van der Waals surface area contributed by atoms with E-state index in [0.29, 0.717) is 18.7 Å². The summed E-state index contributed by atoms with van der Waals surface area (Å²) in [6, 6.07) is 7.50. The van der Waals surface area contributed by atoms with E-state index in [9.17, 15) is 9.59 Å². The van der Waals surface area contributed by atoms with Crippen LogP contribution >= 0.6 is 0 Å². The molecule has 0 amide bonds. The fourth-order valence-corrected chi connectivity index (χ4v) is 3.25. The minimum atomic E-state index is -0.0950. The minimum absolute atomic E-state index is 0.0376. The lowest BCUT2D eigenvalue weighted by Gasteiger charge is -2.29. The third kappa shape index (κ3) is 3.42. The van der Waals surface area contributed by atoms with Crippen LogP contribution in [0.5, 0.6) is 0 Å². The molecule has 6 heteroatoms. The highest BCUT2D eigenvalue weighted by atomic mass is 16.5. The zero-order chi connectivity index (χ0) is 16.2. The predicted molar refractivity (Wildman–Crippen MR) is 86.1 cm³/mol. The molecular formula is C17H22N3O3+. The van der Waals surface area contributed by atoms with Gasteiger partial charge in [0.2, 0.25) is 5.43 Å². The van der Waals surface area contributed by atoms with Gasteiger partial charge < -0.3 is 9.64 Å². The molecule has 0 bridgehead atoms. The Balaban J connectivity index is 1.78. The van der Waals surface area contributed by atoms with Crippen molar-refractivity contribution in [2.75, 3.05) is 19.7 Å². The molecule has 1 aliphatic rings. The first-order chi connectivity index (χ1) is 11.2. The van der Waals surface area contributed by atoms with Crippen LogP contribution in [-0.2, 0) is 16.2 Å². The van der Waals surface area contributed by atoms with Gasteiger partial charge in [0, 0.05) is 5.39 Å². The van der Waals surface area contributed by atoms with Gasteiger partial charge in [-0.1, -0.05) is 12.1 Å². The Labute approximate surface area is 134 Å². The molecule has 0 saturated carbocycles. The summed E-state index contributed by atoms with van der Waals surface area (Å²) in [5.74, 6) is -0.133. The van der Waals surface area contributed by atoms with E-state index >= 15 is 0 Å². The van der Waals surface area contributed by atoms with Crippen LogP contribution in [0, 0.1) is 5.92 Å². The number of benzene rings is 1. The van der Waals surface area contributed by atoms with Crippen molar-refractivity contribution < 1.29 is 14.4 Å². The standard InChI is InChI=1S/C17H21N3O3/c1-2-23-17(22)13-6-5-9-19(11-13)12-20-15-8-4-3-7-14(15)16(21)10-18-20/h3-4,7-8,10,13H,2,5-6,9,11-12H2,1H3/p+1/t13-/m1/s1. The molecular weight excluding hydrogens is 294 g/mol. The Bertz CT molecular complexity index is 756. The van der Waals surface area contributed by atoms with E-state index in [4.69, 9.17) is 4.74 Å². The molecule has 0 aliphatic carbocycles. The normalized spacial score (nSPS) is 21.3. The number of quaternary nitrogens is 1. The summed E-state index contributed by atoms with van der Waals surface area (Å²) >= 11 is 0. The van der Waals surface area contributed by atoms with Crippen LogP contribution in [0.15, 0.2) is 35.3 Å². The van der Waals surface area contributed by atoms with Gasteiger partial charge >= 0.3 is 5.97 Å². The Kier molecular flexibility index (Phi) is 4.71. The van der Waals surface area contributed by atoms with Crippen molar-refractivity contribution in [3.8, 4) is 0 Å². The highest BCUT2D eigenvalue weighted by Gasteiger charge is 2.30. The van der Waals surface area contributed by atoms with Crippen molar-refractivity contribution >= 4 is 16.9 Å². The summed E-state index contributed by atoms with van der Waals surface area (Å²) in [6.07, 6.45) is 3.26. The van der Waals surface area contributed by atoms with Crippen molar-refractivity contribution in [3.05, 3.63) is 40.7 Å². The zero-order valence-electron chi connectivity index (χ0n) is 13.3. The van der Waals surface area contributed by atoms with Gasteiger partial charge in [-0.2, -0.15) is 5.10 Å². The van der Waals surface area contributed by atoms with Crippen LogP contribution < -0.4 is 10.3 Å². The van der Waals surface area contributed by atoms with Crippen LogP contribution in [-0.4, -0.2) is 35.4 Å². The smallest absolute Gasteiger partial charge is 0.314 e. The number of nitrogens with zero attached hydrogens (tertiary/aromatic N) is 2. The number of ether oxygens (including phenoxy) is 1. The van der Waals surface area contributed by atoms with Crippen molar-refractivity contribution in [3.63, 3.8) is 0 Å². The topological polar surface area (TPSA) is 65.6 Å². The molecule has 122 valence electrons. The molecule has 2 aromatic rings. The number of para-hydroxylation sites is 1. The molecule has 0 spiro atoms. The highest BCUT2D eigenvalue weighted by molar-refractivity contribution is 5.77. The second-order valence-electron chi connectivity index (χ2n) is 5.98.